The van der Waals surface area contributed by atoms with E-state index in [1.165, 1.54) is 0 Å². The quantitative estimate of drug-likeness (QED) is 0.361. The zero-order valence-electron chi connectivity index (χ0n) is 14.3. The van der Waals surface area contributed by atoms with Crippen molar-refractivity contribution in [2.75, 3.05) is 6.61 Å². The zero-order chi connectivity index (χ0) is 18.0. The first kappa shape index (κ1) is 17.7. The summed E-state index contributed by atoms with van der Waals surface area (Å²) in [6, 6.07) is 6.93. The van der Waals surface area contributed by atoms with Crippen molar-refractivity contribution >= 4 is 17.7 Å². The molecule has 0 heterocycles. The van der Waals surface area contributed by atoms with Gasteiger partial charge in [0, 0.05) is 17.9 Å². The molecule has 0 radical (unpaired) electrons. The van der Waals surface area contributed by atoms with Crippen LogP contribution in [0.3, 0.4) is 0 Å². The van der Waals surface area contributed by atoms with Gasteiger partial charge in [-0.25, -0.2) is 9.59 Å². The summed E-state index contributed by atoms with van der Waals surface area (Å²) in [5.74, 6) is 2.86. The molecule has 0 aromatic heterocycles. The van der Waals surface area contributed by atoms with Gasteiger partial charge in [0.2, 0.25) is 0 Å². The normalized spacial score (nSPS) is 19.1. The van der Waals surface area contributed by atoms with Crippen LogP contribution in [0.25, 0.3) is 0 Å². The summed E-state index contributed by atoms with van der Waals surface area (Å²) < 4.78 is 10.2. The number of benzene rings is 1. The minimum atomic E-state index is -1.70. The summed E-state index contributed by atoms with van der Waals surface area (Å²) in [5, 5.41) is 0. The van der Waals surface area contributed by atoms with E-state index in [2.05, 4.69) is 11.8 Å². The molecule has 1 atom stereocenters. The minimum Gasteiger partial charge on any atom is -0.458 e. The number of hydrogen-bond acceptors (Lipinski definition) is 5. The van der Waals surface area contributed by atoms with E-state index in [4.69, 9.17) is 9.47 Å². The molecule has 2 rings (SSSR count). The largest absolute Gasteiger partial charge is 0.458 e. The van der Waals surface area contributed by atoms with E-state index in [1.807, 2.05) is 0 Å². The molecule has 0 spiro atoms. The molecule has 0 aliphatic heterocycles. The zero-order valence-corrected chi connectivity index (χ0v) is 14.3. The highest BCUT2D eigenvalue weighted by Gasteiger charge is 2.52. The van der Waals surface area contributed by atoms with Crippen LogP contribution in [0.1, 0.15) is 43.6 Å². The van der Waals surface area contributed by atoms with Crippen molar-refractivity contribution in [3.8, 4) is 11.8 Å². The highest BCUT2D eigenvalue weighted by atomic mass is 16.6. The molecule has 0 saturated heterocycles. The summed E-state index contributed by atoms with van der Waals surface area (Å²) in [6.45, 7) is 6.96. The Morgan fingerprint density at radius 2 is 1.92 bits per heavy atom. The standard InChI is InChI=1S/C19H20O5/c1-5-23-15(20)10-11-19(17(22)24-18(2,3)4)12-13-8-6-7-9-14(13)16(19)21/h6-9H,5,12H2,1-4H3. The van der Waals surface area contributed by atoms with Crippen LogP contribution in [0.5, 0.6) is 0 Å². The third-order valence-electron chi connectivity index (χ3n) is 3.51. The van der Waals surface area contributed by atoms with Crippen LogP contribution < -0.4 is 0 Å². The van der Waals surface area contributed by atoms with Crippen molar-refractivity contribution in [2.45, 2.75) is 39.7 Å². The number of Topliss-reactive ketones (excluding diaryl/α,β-unsaturated/α-hetero) is 1. The highest BCUT2D eigenvalue weighted by Crippen LogP contribution is 2.38. The minimum absolute atomic E-state index is 0.0866. The molecule has 1 unspecified atom stereocenters. The van der Waals surface area contributed by atoms with Gasteiger partial charge < -0.3 is 9.47 Å². The second-order valence-electron chi connectivity index (χ2n) is 6.54. The van der Waals surface area contributed by atoms with Crippen LogP contribution in [-0.2, 0) is 25.5 Å². The van der Waals surface area contributed by atoms with E-state index in [-0.39, 0.29) is 13.0 Å². The Bertz CT molecular complexity index is 745. The molecular formula is C19H20O5. The van der Waals surface area contributed by atoms with E-state index in [0.29, 0.717) is 11.1 Å². The Labute approximate surface area is 141 Å². The third-order valence-corrected chi connectivity index (χ3v) is 3.51. The number of esters is 2. The second kappa shape index (κ2) is 6.48. The van der Waals surface area contributed by atoms with Gasteiger partial charge >= 0.3 is 11.9 Å². The molecule has 1 aromatic carbocycles. The van der Waals surface area contributed by atoms with E-state index >= 15 is 0 Å². The van der Waals surface area contributed by atoms with Gasteiger partial charge in [0.05, 0.1) is 6.61 Å². The van der Waals surface area contributed by atoms with Crippen molar-refractivity contribution in [1.82, 2.24) is 0 Å². The van der Waals surface area contributed by atoms with Crippen molar-refractivity contribution in [2.24, 2.45) is 5.41 Å². The van der Waals surface area contributed by atoms with Crippen LogP contribution in [0.15, 0.2) is 24.3 Å². The number of carbonyl (C=O) groups is 3. The summed E-state index contributed by atoms with van der Waals surface area (Å²) >= 11 is 0. The number of rotatable bonds is 2. The van der Waals surface area contributed by atoms with Crippen LogP contribution in [0, 0.1) is 17.3 Å². The fraction of sp³-hybridized carbons (Fsp3) is 0.421. The predicted octanol–water partition coefficient (Wildman–Crippen LogP) is 2.32. The lowest BCUT2D eigenvalue weighted by Gasteiger charge is -2.26. The maximum atomic E-state index is 12.9. The van der Waals surface area contributed by atoms with Crippen LogP contribution >= 0.6 is 0 Å². The van der Waals surface area contributed by atoms with Gasteiger partial charge in [0.1, 0.15) is 5.60 Å². The molecule has 5 nitrogen and oxygen atoms in total. The van der Waals surface area contributed by atoms with E-state index in [9.17, 15) is 14.4 Å². The molecule has 126 valence electrons. The molecular weight excluding hydrogens is 308 g/mol. The number of ether oxygens (including phenoxy) is 2. The fourth-order valence-corrected chi connectivity index (χ4v) is 2.50. The lowest BCUT2D eigenvalue weighted by atomic mass is 9.84. The maximum absolute atomic E-state index is 12.9. The summed E-state index contributed by atoms with van der Waals surface area (Å²) in [7, 11) is 0. The molecule has 1 aromatic rings. The van der Waals surface area contributed by atoms with Crippen LogP contribution in [-0.4, -0.2) is 29.9 Å². The van der Waals surface area contributed by atoms with E-state index in [0.717, 1.165) is 0 Å². The first-order valence-electron chi connectivity index (χ1n) is 7.75. The molecule has 0 bridgehead atoms. The molecule has 0 fully saturated rings. The van der Waals surface area contributed by atoms with Crippen molar-refractivity contribution in [3.63, 3.8) is 0 Å². The average Bonchev–Trinajstić information content (AvgIpc) is 2.78. The van der Waals surface area contributed by atoms with Crippen LogP contribution in [0.2, 0.25) is 0 Å². The molecule has 0 N–H and O–H groups in total. The lowest BCUT2D eigenvalue weighted by Crippen LogP contribution is -2.41. The average molecular weight is 328 g/mol. The van der Waals surface area contributed by atoms with Crippen molar-refractivity contribution < 1.29 is 23.9 Å². The number of fused-ring (bicyclic) bond motifs is 1. The summed E-state index contributed by atoms with van der Waals surface area (Å²) in [5.41, 5.74) is -1.33. The van der Waals surface area contributed by atoms with Crippen molar-refractivity contribution in [1.29, 1.82) is 0 Å². The first-order chi connectivity index (χ1) is 11.2. The first-order valence-corrected chi connectivity index (χ1v) is 7.75. The van der Waals surface area contributed by atoms with Gasteiger partial charge in [-0.2, -0.15) is 0 Å². The van der Waals surface area contributed by atoms with Gasteiger partial charge in [-0.15, -0.1) is 0 Å². The molecule has 5 heteroatoms. The van der Waals surface area contributed by atoms with Gasteiger partial charge in [-0.1, -0.05) is 30.2 Å². The summed E-state index contributed by atoms with van der Waals surface area (Å²) in [4.78, 5) is 37.2. The predicted molar refractivity (Wildman–Crippen MR) is 87.2 cm³/mol. The Morgan fingerprint density at radius 1 is 1.25 bits per heavy atom. The molecule has 0 amide bonds. The van der Waals surface area contributed by atoms with Gasteiger partial charge in [0.25, 0.3) is 0 Å². The Balaban J connectivity index is 2.47. The number of ketones is 1. The number of hydrogen-bond donors (Lipinski definition) is 0. The van der Waals surface area contributed by atoms with Gasteiger partial charge in [0.15, 0.2) is 11.2 Å². The monoisotopic (exact) mass is 328 g/mol. The molecule has 1 aliphatic carbocycles. The maximum Gasteiger partial charge on any atom is 0.384 e. The van der Waals surface area contributed by atoms with Crippen LogP contribution in [0.4, 0.5) is 0 Å². The molecule has 0 saturated carbocycles. The second-order valence-corrected chi connectivity index (χ2v) is 6.54. The third kappa shape index (κ3) is 3.48. The van der Waals surface area contributed by atoms with Gasteiger partial charge in [-0.05, 0) is 33.3 Å². The molecule has 24 heavy (non-hydrogen) atoms. The Hall–Kier alpha value is -2.61. The lowest BCUT2D eigenvalue weighted by molar-refractivity contribution is -0.161. The summed E-state index contributed by atoms with van der Waals surface area (Å²) in [6.07, 6.45) is 0.0866. The topological polar surface area (TPSA) is 69.7 Å². The Morgan fingerprint density at radius 3 is 2.50 bits per heavy atom. The highest BCUT2D eigenvalue weighted by molar-refractivity contribution is 6.19. The number of carbonyl (C=O) groups excluding carboxylic acids is 3. The Kier molecular flexibility index (Phi) is 4.79. The van der Waals surface area contributed by atoms with E-state index in [1.54, 1.807) is 52.0 Å². The SMILES string of the molecule is CCOC(=O)C#CC1(C(=O)OC(C)(C)C)Cc2ccccc2C1=O. The molecule has 1 aliphatic rings. The fourth-order valence-electron chi connectivity index (χ4n) is 2.50. The van der Waals surface area contributed by atoms with Gasteiger partial charge in [-0.3, -0.25) is 4.79 Å². The smallest absolute Gasteiger partial charge is 0.384 e. The van der Waals surface area contributed by atoms with E-state index < -0.39 is 28.7 Å². The van der Waals surface area contributed by atoms with Crippen molar-refractivity contribution in [3.05, 3.63) is 35.4 Å².